The third-order valence-corrected chi connectivity index (χ3v) is 5.63. The number of aromatic amines is 2. The fraction of sp³-hybridized carbons (Fsp3) is 0.292. The first-order valence-electron chi connectivity index (χ1n) is 11.4. The highest BCUT2D eigenvalue weighted by atomic mass is 16.5. The molecule has 35 heavy (non-hydrogen) atoms. The number of ether oxygens (including phenoxy) is 2. The van der Waals surface area contributed by atoms with Crippen LogP contribution in [0, 0.1) is 0 Å². The Bertz CT molecular complexity index is 1520. The van der Waals surface area contributed by atoms with Crippen molar-refractivity contribution >= 4 is 27.8 Å². The SMILES string of the molecule is CCn1cc2[nH]c(=O)c(-c3nc4ccc(OCCOC)cc4[nH]3)c(N[C@@H](C)c3ncccn3)c2n1. The van der Waals surface area contributed by atoms with E-state index >= 15 is 0 Å². The highest BCUT2D eigenvalue weighted by molar-refractivity contribution is 5.96. The van der Waals surface area contributed by atoms with Crippen molar-refractivity contribution in [1.82, 2.24) is 34.7 Å². The highest BCUT2D eigenvalue weighted by Crippen LogP contribution is 2.32. The van der Waals surface area contributed by atoms with Gasteiger partial charge in [0.15, 0.2) is 0 Å². The summed E-state index contributed by atoms with van der Waals surface area (Å²) in [6.45, 7) is 5.52. The molecule has 0 amide bonds. The van der Waals surface area contributed by atoms with Crippen LogP contribution in [0.25, 0.3) is 33.5 Å². The minimum atomic E-state index is -0.285. The lowest BCUT2D eigenvalue weighted by Gasteiger charge is -2.16. The van der Waals surface area contributed by atoms with Crippen molar-refractivity contribution in [1.29, 1.82) is 0 Å². The molecule has 11 nitrogen and oxygen atoms in total. The molecule has 180 valence electrons. The summed E-state index contributed by atoms with van der Waals surface area (Å²) in [7, 11) is 1.63. The van der Waals surface area contributed by atoms with E-state index < -0.39 is 0 Å². The van der Waals surface area contributed by atoms with Crippen molar-refractivity contribution < 1.29 is 9.47 Å². The molecule has 5 aromatic rings. The monoisotopic (exact) mass is 474 g/mol. The summed E-state index contributed by atoms with van der Waals surface area (Å²) in [5, 5.41) is 8.10. The Hall–Kier alpha value is -4.25. The summed E-state index contributed by atoms with van der Waals surface area (Å²) in [6.07, 6.45) is 5.19. The molecule has 0 aliphatic rings. The molecule has 0 spiro atoms. The molecule has 0 unspecified atom stereocenters. The molecule has 5 rings (SSSR count). The Morgan fingerprint density at radius 3 is 2.74 bits per heavy atom. The molecule has 0 bridgehead atoms. The maximum Gasteiger partial charge on any atom is 0.261 e. The number of pyridine rings is 1. The summed E-state index contributed by atoms with van der Waals surface area (Å²) in [4.78, 5) is 32.9. The van der Waals surface area contributed by atoms with Gasteiger partial charge in [-0.15, -0.1) is 0 Å². The van der Waals surface area contributed by atoms with E-state index in [0.717, 1.165) is 5.52 Å². The van der Waals surface area contributed by atoms with E-state index in [4.69, 9.17) is 14.5 Å². The lowest BCUT2D eigenvalue weighted by Crippen LogP contribution is -2.17. The number of nitrogens with one attached hydrogen (secondary N) is 3. The van der Waals surface area contributed by atoms with Crippen LogP contribution in [0.1, 0.15) is 25.7 Å². The van der Waals surface area contributed by atoms with Crippen molar-refractivity contribution in [2.45, 2.75) is 26.4 Å². The van der Waals surface area contributed by atoms with Crippen LogP contribution in [0.5, 0.6) is 5.75 Å². The van der Waals surface area contributed by atoms with Gasteiger partial charge < -0.3 is 24.8 Å². The first kappa shape index (κ1) is 22.5. The Balaban J connectivity index is 1.62. The zero-order valence-corrected chi connectivity index (χ0v) is 19.7. The molecule has 0 fully saturated rings. The molecule has 0 aliphatic carbocycles. The van der Waals surface area contributed by atoms with Crippen LogP contribution in [0.2, 0.25) is 0 Å². The predicted molar refractivity (Wildman–Crippen MR) is 133 cm³/mol. The van der Waals surface area contributed by atoms with E-state index in [1.54, 1.807) is 30.3 Å². The summed E-state index contributed by atoms with van der Waals surface area (Å²) in [5.41, 5.74) is 3.36. The van der Waals surface area contributed by atoms with Gasteiger partial charge >= 0.3 is 0 Å². The molecule has 1 aromatic carbocycles. The molecule has 4 aromatic heterocycles. The van der Waals surface area contributed by atoms with Gasteiger partial charge in [0.25, 0.3) is 5.56 Å². The van der Waals surface area contributed by atoms with Crippen molar-refractivity contribution in [3.63, 3.8) is 0 Å². The maximum absolute atomic E-state index is 13.3. The van der Waals surface area contributed by atoms with Crippen molar-refractivity contribution in [2.75, 3.05) is 25.6 Å². The second-order valence-electron chi connectivity index (χ2n) is 8.03. The summed E-state index contributed by atoms with van der Waals surface area (Å²) < 4.78 is 12.5. The zero-order chi connectivity index (χ0) is 24.4. The predicted octanol–water partition coefficient (Wildman–Crippen LogP) is 3.28. The number of anilines is 1. The molecular weight excluding hydrogens is 448 g/mol. The van der Waals surface area contributed by atoms with E-state index in [-0.39, 0.29) is 11.6 Å². The molecule has 11 heteroatoms. The molecule has 1 atom stereocenters. The number of fused-ring (bicyclic) bond motifs is 2. The second kappa shape index (κ2) is 9.55. The number of hydrogen-bond acceptors (Lipinski definition) is 8. The zero-order valence-electron chi connectivity index (χ0n) is 19.7. The smallest absolute Gasteiger partial charge is 0.261 e. The summed E-state index contributed by atoms with van der Waals surface area (Å²) >= 11 is 0. The van der Waals surface area contributed by atoms with Gasteiger partial charge in [-0.25, -0.2) is 15.0 Å². The topological polar surface area (TPSA) is 136 Å². The number of methoxy groups -OCH3 is 1. The molecule has 0 radical (unpaired) electrons. The van der Waals surface area contributed by atoms with Crippen LogP contribution in [0.15, 0.2) is 47.7 Å². The van der Waals surface area contributed by atoms with Gasteiger partial charge in [-0.3, -0.25) is 9.48 Å². The van der Waals surface area contributed by atoms with Gasteiger partial charge in [0.2, 0.25) is 0 Å². The number of imidazole rings is 1. The van der Waals surface area contributed by atoms with Crippen LogP contribution in [0.4, 0.5) is 5.69 Å². The Kier molecular flexibility index (Phi) is 6.15. The largest absolute Gasteiger partial charge is 0.491 e. The van der Waals surface area contributed by atoms with E-state index in [9.17, 15) is 4.79 Å². The molecular formula is C24H26N8O3. The third kappa shape index (κ3) is 4.45. The standard InChI is InChI=1S/C24H26N8O3/c1-4-32-13-18-20(31-32)21(27-14(2)22-25-8-5-9-26-22)19(24(33)30-18)23-28-16-7-6-15(12-17(16)29-23)35-11-10-34-3/h5-9,12-14,27H,4,10-11H2,1-3H3,(H,28,29)(H,30,33)/t14-/m0/s1. The number of hydrogen-bond donors (Lipinski definition) is 3. The summed E-state index contributed by atoms with van der Waals surface area (Å²) in [6, 6.07) is 7.03. The lowest BCUT2D eigenvalue weighted by molar-refractivity contribution is 0.146. The van der Waals surface area contributed by atoms with Crippen LogP contribution >= 0.6 is 0 Å². The van der Waals surface area contributed by atoms with Crippen LogP contribution in [-0.4, -0.2) is 55.0 Å². The average molecular weight is 475 g/mol. The van der Waals surface area contributed by atoms with Gasteiger partial charge in [0.1, 0.15) is 35.1 Å². The number of H-pyrrole nitrogens is 2. The van der Waals surface area contributed by atoms with Gasteiger partial charge in [-0.1, -0.05) is 0 Å². The quantitative estimate of drug-likeness (QED) is 0.277. The van der Waals surface area contributed by atoms with Crippen LogP contribution in [-0.2, 0) is 11.3 Å². The Morgan fingerprint density at radius 2 is 1.97 bits per heavy atom. The minimum Gasteiger partial charge on any atom is -0.491 e. The van der Waals surface area contributed by atoms with Gasteiger partial charge in [-0.2, -0.15) is 5.10 Å². The number of nitrogens with zero attached hydrogens (tertiary/aromatic N) is 5. The number of aromatic nitrogens is 7. The number of benzene rings is 1. The first-order valence-corrected chi connectivity index (χ1v) is 11.4. The summed E-state index contributed by atoms with van der Waals surface area (Å²) in [5.74, 6) is 1.71. The number of aryl methyl sites for hydroxylation is 1. The fourth-order valence-corrected chi connectivity index (χ4v) is 3.90. The van der Waals surface area contributed by atoms with Gasteiger partial charge in [0.05, 0.1) is 34.9 Å². The molecule has 0 saturated carbocycles. The van der Waals surface area contributed by atoms with Crippen molar-refractivity contribution in [3.8, 4) is 17.1 Å². The average Bonchev–Trinajstić information content (AvgIpc) is 3.48. The van der Waals surface area contributed by atoms with Gasteiger partial charge in [-0.05, 0) is 32.0 Å². The van der Waals surface area contributed by atoms with Gasteiger partial charge in [0, 0.05) is 38.3 Å². The molecule has 0 aliphatic heterocycles. The van der Waals surface area contributed by atoms with E-state index in [1.165, 1.54) is 0 Å². The third-order valence-electron chi connectivity index (χ3n) is 5.63. The fourth-order valence-electron chi connectivity index (χ4n) is 3.90. The van der Waals surface area contributed by atoms with Crippen molar-refractivity contribution in [2.24, 2.45) is 0 Å². The Morgan fingerprint density at radius 1 is 1.14 bits per heavy atom. The second-order valence-corrected chi connectivity index (χ2v) is 8.03. The van der Waals surface area contributed by atoms with Crippen molar-refractivity contribution in [3.05, 3.63) is 59.0 Å². The van der Waals surface area contributed by atoms with E-state index in [1.807, 2.05) is 38.2 Å². The highest BCUT2D eigenvalue weighted by Gasteiger charge is 2.22. The molecule has 0 saturated heterocycles. The Labute approximate surface area is 200 Å². The molecule has 3 N–H and O–H groups in total. The normalized spacial score (nSPS) is 12.3. The first-order chi connectivity index (χ1) is 17.1. The van der Waals surface area contributed by atoms with Crippen LogP contribution in [0.3, 0.4) is 0 Å². The minimum absolute atomic E-state index is 0.281. The van der Waals surface area contributed by atoms with Crippen LogP contribution < -0.4 is 15.6 Å². The maximum atomic E-state index is 13.3. The lowest BCUT2D eigenvalue weighted by atomic mass is 10.1. The molecule has 4 heterocycles. The van der Waals surface area contributed by atoms with E-state index in [0.29, 0.717) is 65.0 Å². The number of rotatable bonds is 9. The van der Waals surface area contributed by atoms with E-state index in [2.05, 4.69) is 30.4 Å².